The van der Waals surface area contributed by atoms with Crippen molar-refractivity contribution >= 4 is 50.1 Å². The molecule has 2 aromatic rings. The Morgan fingerprint density at radius 2 is 1.94 bits per heavy atom. The predicted molar refractivity (Wildman–Crippen MR) is 82.9 cm³/mol. The van der Waals surface area contributed by atoms with Crippen LogP contribution in [0.5, 0.6) is 5.75 Å². The van der Waals surface area contributed by atoms with Crippen molar-refractivity contribution in [3.05, 3.63) is 56.1 Å². The fourth-order valence-electron chi connectivity index (χ4n) is 1.44. The molecule has 2 N–H and O–H groups in total. The van der Waals surface area contributed by atoms with Gasteiger partial charge in [0, 0.05) is 8.04 Å². The number of phenols is 1. The van der Waals surface area contributed by atoms with E-state index >= 15 is 0 Å². The number of para-hydroxylation sites is 1. The van der Waals surface area contributed by atoms with Gasteiger partial charge in [0.25, 0.3) is 5.91 Å². The van der Waals surface area contributed by atoms with Crippen LogP contribution in [0.4, 0.5) is 5.69 Å². The fourth-order valence-corrected chi connectivity index (χ4v) is 2.33. The highest BCUT2D eigenvalue weighted by atomic mass is 127. The molecule has 0 atom stereocenters. The number of hydrogen-bond acceptors (Lipinski definition) is 2. The van der Waals surface area contributed by atoms with E-state index in [9.17, 15) is 9.90 Å². The molecule has 5 heteroatoms. The molecule has 2 aromatic carbocycles. The first-order valence-electron chi connectivity index (χ1n) is 5.12. The molecule has 2 rings (SSSR count). The number of amides is 1. The molecule has 18 heavy (non-hydrogen) atoms. The van der Waals surface area contributed by atoms with Gasteiger partial charge in [0.05, 0.1) is 11.3 Å². The van der Waals surface area contributed by atoms with Crippen molar-refractivity contribution in [2.45, 2.75) is 0 Å². The van der Waals surface area contributed by atoms with Crippen molar-refractivity contribution in [2.24, 2.45) is 0 Å². The molecular formula is C13H9BrINO2. The summed E-state index contributed by atoms with van der Waals surface area (Å²) in [5.74, 6) is -0.375. The summed E-state index contributed by atoms with van der Waals surface area (Å²) in [5.41, 5.74) is 0.964. The highest BCUT2D eigenvalue weighted by Gasteiger charge is 2.12. The number of hydrogen-bond donors (Lipinski definition) is 2. The topological polar surface area (TPSA) is 49.3 Å². The molecule has 0 aliphatic carbocycles. The van der Waals surface area contributed by atoms with E-state index in [2.05, 4.69) is 43.8 Å². The maximum absolute atomic E-state index is 12.0. The van der Waals surface area contributed by atoms with E-state index in [0.29, 0.717) is 0 Å². The number of rotatable bonds is 2. The minimum atomic E-state index is -0.335. The molecular weight excluding hydrogens is 409 g/mol. The maximum atomic E-state index is 12.0. The fraction of sp³-hybridized carbons (Fsp3) is 0. The van der Waals surface area contributed by atoms with Gasteiger partial charge >= 0.3 is 0 Å². The summed E-state index contributed by atoms with van der Waals surface area (Å²) in [7, 11) is 0. The molecule has 0 heterocycles. The van der Waals surface area contributed by atoms with Crippen molar-refractivity contribution in [1.82, 2.24) is 0 Å². The largest absolute Gasteiger partial charge is 0.507 e. The highest BCUT2D eigenvalue weighted by Crippen LogP contribution is 2.24. The summed E-state index contributed by atoms with van der Waals surface area (Å²) in [6.45, 7) is 0. The van der Waals surface area contributed by atoms with E-state index in [1.807, 2.05) is 24.3 Å². The average molecular weight is 418 g/mol. The first-order chi connectivity index (χ1) is 8.58. The van der Waals surface area contributed by atoms with Crippen LogP contribution < -0.4 is 5.32 Å². The molecule has 0 saturated carbocycles. The molecule has 1 amide bonds. The van der Waals surface area contributed by atoms with E-state index in [4.69, 9.17) is 0 Å². The first kappa shape index (κ1) is 13.4. The van der Waals surface area contributed by atoms with Crippen molar-refractivity contribution < 1.29 is 9.90 Å². The molecule has 0 aromatic heterocycles. The quantitative estimate of drug-likeness (QED) is 0.725. The number of nitrogens with one attached hydrogen (secondary N) is 1. The smallest absolute Gasteiger partial charge is 0.259 e. The molecule has 0 fully saturated rings. The van der Waals surface area contributed by atoms with Gasteiger partial charge in [-0.15, -0.1) is 0 Å². The van der Waals surface area contributed by atoms with Crippen molar-refractivity contribution in [1.29, 1.82) is 0 Å². The number of phenolic OH excluding ortho intramolecular Hbond substituents is 1. The van der Waals surface area contributed by atoms with Crippen LogP contribution >= 0.6 is 38.5 Å². The normalized spacial score (nSPS) is 10.1. The number of benzene rings is 2. The minimum absolute atomic E-state index is 0.0401. The van der Waals surface area contributed by atoms with Gasteiger partial charge in [-0.2, -0.15) is 0 Å². The van der Waals surface area contributed by atoms with Gasteiger partial charge in [-0.1, -0.05) is 28.1 Å². The van der Waals surface area contributed by atoms with Crippen LogP contribution in [0.1, 0.15) is 10.4 Å². The Kier molecular flexibility index (Phi) is 4.23. The molecule has 92 valence electrons. The number of carbonyl (C=O) groups excluding carboxylic acids is 1. The van der Waals surface area contributed by atoms with E-state index < -0.39 is 0 Å². The Morgan fingerprint density at radius 1 is 1.22 bits per heavy atom. The molecule has 0 saturated heterocycles. The van der Waals surface area contributed by atoms with Crippen LogP contribution in [0.3, 0.4) is 0 Å². The molecule has 0 radical (unpaired) electrons. The van der Waals surface area contributed by atoms with E-state index in [1.165, 1.54) is 6.07 Å². The van der Waals surface area contributed by atoms with E-state index in [0.717, 1.165) is 13.7 Å². The molecule has 3 nitrogen and oxygen atoms in total. The predicted octanol–water partition coefficient (Wildman–Crippen LogP) is 4.01. The third-order valence-corrected chi connectivity index (χ3v) is 3.76. The van der Waals surface area contributed by atoms with E-state index in [-0.39, 0.29) is 17.2 Å². The van der Waals surface area contributed by atoms with Gasteiger partial charge in [0.15, 0.2) is 0 Å². The van der Waals surface area contributed by atoms with Gasteiger partial charge < -0.3 is 10.4 Å². The first-order valence-corrected chi connectivity index (χ1v) is 6.99. The SMILES string of the molecule is O=C(Nc1ccccc1I)c1cc(Br)ccc1O. The zero-order valence-corrected chi connectivity index (χ0v) is 12.9. The lowest BCUT2D eigenvalue weighted by molar-refractivity contribution is 0.102. The molecule has 0 aliphatic rings. The second kappa shape index (κ2) is 5.71. The van der Waals surface area contributed by atoms with Gasteiger partial charge in [-0.3, -0.25) is 4.79 Å². The summed E-state index contributed by atoms with van der Waals surface area (Å²) in [6.07, 6.45) is 0. The Labute approximate surface area is 126 Å². The van der Waals surface area contributed by atoms with Crippen LogP contribution in [0, 0.1) is 3.57 Å². The van der Waals surface area contributed by atoms with Crippen LogP contribution in [0.25, 0.3) is 0 Å². The van der Waals surface area contributed by atoms with Crippen LogP contribution in [0.15, 0.2) is 46.9 Å². The number of anilines is 1. The van der Waals surface area contributed by atoms with Gasteiger partial charge in [0.2, 0.25) is 0 Å². The number of aromatic hydroxyl groups is 1. The van der Waals surface area contributed by atoms with Crippen LogP contribution in [-0.2, 0) is 0 Å². The molecule has 0 unspecified atom stereocenters. The van der Waals surface area contributed by atoms with Gasteiger partial charge in [0.1, 0.15) is 5.75 Å². The van der Waals surface area contributed by atoms with Crippen molar-refractivity contribution in [3.8, 4) is 5.75 Å². The summed E-state index contributed by atoms with van der Waals surface area (Å²) in [4.78, 5) is 12.0. The Hall–Kier alpha value is -1.08. The minimum Gasteiger partial charge on any atom is -0.507 e. The third-order valence-electron chi connectivity index (χ3n) is 2.33. The Morgan fingerprint density at radius 3 is 2.67 bits per heavy atom. The number of halogens is 2. The van der Waals surface area contributed by atoms with Gasteiger partial charge in [-0.25, -0.2) is 0 Å². The second-order valence-corrected chi connectivity index (χ2v) is 5.67. The monoisotopic (exact) mass is 417 g/mol. The van der Waals surface area contributed by atoms with Crippen LogP contribution in [0.2, 0.25) is 0 Å². The highest BCUT2D eigenvalue weighted by molar-refractivity contribution is 14.1. The molecule has 0 bridgehead atoms. The molecule has 0 spiro atoms. The second-order valence-electron chi connectivity index (χ2n) is 3.60. The standard InChI is InChI=1S/C13H9BrINO2/c14-8-5-6-12(17)9(7-8)13(18)16-11-4-2-1-3-10(11)15/h1-7,17H,(H,16,18). The summed E-state index contributed by atoms with van der Waals surface area (Å²) in [6, 6.07) is 12.2. The average Bonchev–Trinajstić information content (AvgIpc) is 2.35. The lowest BCUT2D eigenvalue weighted by Crippen LogP contribution is -2.12. The van der Waals surface area contributed by atoms with Crippen molar-refractivity contribution in [3.63, 3.8) is 0 Å². The Balaban J connectivity index is 2.28. The van der Waals surface area contributed by atoms with Gasteiger partial charge in [-0.05, 0) is 52.9 Å². The lowest BCUT2D eigenvalue weighted by Gasteiger charge is -2.08. The third kappa shape index (κ3) is 3.02. The molecule has 0 aliphatic heterocycles. The zero-order valence-electron chi connectivity index (χ0n) is 9.15. The Bertz CT molecular complexity index is 601. The lowest BCUT2D eigenvalue weighted by atomic mass is 10.2. The number of carbonyl (C=O) groups is 1. The van der Waals surface area contributed by atoms with Crippen molar-refractivity contribution in [2.75, 3.05) is 5.32 Å². The zero-order chi connectivity index (χ0) is 13.1. The van der Waals surface area contributed by atoms with Crippen LogP contribution in [-0.4, -0.2) is 11.0 Å². The summed E-state index contributed by atoms with van der Waals surface area (Å²) < 4.78 is 1.69. The summed E-state index contributed by atoms with van der Waals surface area (Å²) >= 11 is 5.41. The maximum Gasteiger partial charge on any atom is 0.259 e. The summed E-state index contributed by atoms with van der Waals surface area (Å²) in [5, 5.41) is 12.4. The van der Waals surface area contributed by atoms with E-state index in [1.54, 1.807) is 12.1 Å².